The Morgan fingerprint density at radius 1 is 1.50 bits per heavy atom. The van der Waals surface area contributed by atoms with Crippen molar-refractivity contribution in [3.05, 3.63) is 17.7 Å². The van der Waals surface area contributed by atoms with Crippen molar-refractivity contribution in [3.8, 4) is 0 Å². The van der Waals surface area contributed by atoms with Crippen molar-refractivity contribution in [2.75, 3.05) is 13.6 Å². The fourth-order valence-electron chi connectivity index (χ4n) is 2.05. The molecule has 3 nitrogen and oxygen atoms in total. The minimum Gasteiger partial charge on any atom is -0.334 e. The molecule has 2 rings (SSSR count). The van der Waals surface area contributed by atoms with Crippen molar-refractivity contribution < 1.29 is 0 Å². The molecule has 1 aliphatic heterocycles. The maximum absolute atomic E-state index is 4.48. The van der Waals surface area contributed by atoms with Crippen molar-refractivity contribution in [2.45, 2.75) is 33.4 Å². The SMILES string of the molecule is CC(C)Cn1cnc2c1CCN(C)C2. The van der Waals surface area contributed by atoms with Gasteiger partial charge in [-0.3, -0.25) is 0 Å². The third kappa shape index (κ3) is 1.82. The van der Waals surface area contributed by atoms with Gasteiger partial charge < -0.3 is 9.47 Å². The molecule has 0 aromatic carbocycles. The summed E-state index contributed by atoms with van der Waals surface area (Å²) >= 11 is 0. The minimum absolute atomic E-state index is 0.702. The maximum Gasteiger partial charge on any atom is 0.0952 e. The summed E-state index contributed by atoms with van der Waals surface area (Å²) in [6.45, 7) is 7.78. The number of hydrogen-bond donors (Lipinski definition) is 0. The van der Waals surface area contributed by atoms with Crippen molar-refractivity contribution in [1.82, 2.24) is 14.5 Å². The van der Waals surface area contributed by atoms with E-state index in [1.807, 2.05) is 6.33 Å². The number of rotatable bonds is 2. The molecule has 2 heterocycles. The van der Waals surface area contributed by atoms with Gasteiger partial charge >= 0.3 is 0 Å². The summed E-state index contributed by atoms with van der Waals surface area (Å²) in [6, 6.07) is 0. The Labute approximate surface area is 85.7 Å². The number of nitrogens with zero attached hydrogens (tertiary/aromatic N) is 3. The lowest BCUT2D eigenvalue weighted by Gasteiger charge is -2.23. The molecular weight excluding hydrogens is 174 g/mol. The zero-order valence-corrected chi connectivity index (χ0v) is 9.32. The van der Waals surface area contributed by atoms with Gasteiger partial charge in [0, 0.05) is 31.7 Å². The van der Waals surface area contributed by atoms with Crippen LogP contribution in [0.5, 0.6) is 0 Å². The van der Waals surface area contributed by atoms with E-state index in [9.17, 15) is 0 Å². The first-order valence-electron chi connectivity index (χ1n) is 5.38. The van der Waals surface area contributed by atoms with E-state index in [-0.39, 0.29) is 0 Å². The van der Waals surface area contributed by atoms with Crippen LogP contribution >= 0.6 is 0 Å². The average molecular weight is 193 g/mol. The second kappa shape index (κ2) is 3.73. The second-order valence-corrected chi connectivity index (χ2v) is 4.67. The smallest absolute Gasteiger partial charge is 0.0952 e. The highest BCUT2D eigenvalue weighted by Gasteiger charge is 2.18. The summed E-state index contributed by atoms with van der Waals surface area (Å²) in [4.78, 5) is 6.81. The Morgan fingerprint density at radius 2 is 2.29 bits per heavy atom. The third-order valence-electron chi connectivity index (χ3n) is 2.74. The molecule has 0 bridgehead atoms. The molecule has 0 aliphatic carbocycles. The van der Waals surface area contributed by atoms with E-state index in [0.29, 0.717) is 5.92 Å². The molecule has 0 spiro atoms. The van der Waals surface area contributed by atoms with Crippen molar-refractivity contribution in [3.63, 3.8) is 0 Å². The van der Waals surface area contributed by atoms with Gasteiger partial charge in [0.1, 0.15) is 0 Å². The summed E-state index contributed by atoms with van der Waals surface area (Å²) in [7, 11) is 2.16. The average Bonchev–Trinajstić information content (AvgIpc) is 2.47. The van der Waals surface area contributed by atoms with E-state index < -0.39 is 0 Å². The highest BCUT2D eigenvalue weighted by Crippen LogP contribution is 2.17. The number of likely N-dealkylation sites (N-methyl/N-ethyl adjacent to an activating group) is 1. The van der Waals surface area contributed by atoms with Crippen LogP contribution in [0, 0.1) is 5.92 Å². The Kier molecular flexibility index (Phi) is 2.59. The van der Waals surface area contributed by atoms with E-state index in [1.165, 1.54) is 11.4 Å². The van der Waals surface area contributed by atoms with E-state index >= 15 is 0 Å². The first-order valence-corrected chi connectivity index (χ1v) is 5.38. The van der Waals surface area contributed by atoms with E-state index in [1.54, 1.807) is 0 Å². The number of imidazole rings is 1. The molecule has 1 aromatic rings. The molecule has 0 unspecified atom stereocenters. The third-order valence-corrected chi connectivity index (χ3v) is 2.74. The van der Waals surface area contributed by atoms with Gasteiger partial charge in [0.15, 0.2) is 0 Å². The van der Waals surface area contributed by atoms with Crippen LogP contribution in [0.3, 0.4) is 0 Å². The van der Waals surface area contributed by atoms with Gasteiger partial charge in [0.2, 0.25) is 0 Å². The molecule has 0 atom stereocenters. The fourth-order valence-corrected chi connectivity index (χ4v) is 2.05. The van der Waals surface area contributed by atoms with Crippen LogP contribution in [-0.4, -0.2) is 28.0 Å². The quantitative estimate of drug-likeness (QED) is 0.710. The molecule has 0 saturated heterocycles. The van der Waals surface area contributed by atoms with Crippen LogP contribution < -0.4 is 0 Å². The summed E-state index contributed by atoms with van der Waals surface area (Å²) in [5, 5.41) is 0. The van der Waals surface area contributed by atoms with Crippen LogP contribution in [0.2, 0.25) is 0 Å². The molecule has 14 heavy (non-hydrogen) atoms. The molecule has 0 N–H and O–H groups in total. The Hall–Kier alpha value is -0.830. The first-order chi connectivity index (χ1) is 6.66. The summed E-state index contributed by atoms with van der Waals surface area (Å²) in [5.41, 5.74) is 2.73. The van der Waals surface area contributed by atoms with E-state index in [2.05, 4.69) is 35.3 Å². The Morgan fingerprint density at radius 3 is 3.00 bits per heavy atom. The molecule has 78 valence electrons. The van der Waals surface area contributed by atoms with Gasteiger partial charge in [-0.05, 0) is 13.0 Å². The lowest BCUT2D eigenvalue weighted by molar-refractivity contribution is 0.303. The highest BCUT2D eigenvalue weighted by atomic mass is 15.2. The van der Waals surface area contributed by atoms with E-state index in [4.69, 9.17) is 0 Å². The van der Waals surface area contributed by atoms with Crippen molar-refractivity contribution >= 4 is 0 Å². The Bertz CT molecular complexity index is 314. The molecular formula is C11H19N3. The molecule has 1 aliphatic rings. The van der Waals surface area contributed by atoms with Crippen LogP contribution in [0.15, 0.2) is 6.33 Å². The normalized spacial score (nSPS) is 17.4. The zero-order chi connectivity index (χ0) is 10.1. The number of aromatic nitrogens is 2. The second-order valence-electron chi connectivity index (χ2n) is 4.67. The molecule has 0 amide bonds. The zero-order valence-electron chi connectivity index (χ0n) is 9.32. The van der Waals surface area contributed by atoms with Gasteiger partial charge in [-0.15, -0.1) is 0 Å². The predicted octanol–water partition coefficient (Wildman–Crippen LogP) is 1.53. The van der Waals surface area contributed by atoms with Crippen LogP contribution in [0.4, 0.5) is 0 Å². The van der Waals surface area contributed by atoms with Crippen molar-refractivity contribution in [1.29, 1.82) is 0 Å². The topological polar surface area (TPSA) is 21.1 Å². The molecule has 1 aromatic heterocycles. The predicted molar refractivity (Wildman–Crippen MR) is 57.1 cm³/mol. The number of hydrogen-bond acceptors (Lipinski definition) is 2. The molecule has 0 radical (unpaired) electrons. The Balaban J connectivity index is 2.20. The van der Waals surface area contributed by atoms with Gasteiger partial charge in [0.05, 0.1) is 12.0 Å². The monoisotopic (exact) mass is 193 g/mol. The van der Waals surface area contributed by atoms with E-state index in [0.717, 1.165) is 26.1 Å². The molecule has 3 heteroatoms. The van der Waals surface area contributed by atoms with Crippen LogP contribution in [0.1, 0.15) is 25.2 Å². The summed E-state index contributed by atoms with van der Waals surface area (Å²) in [5.74, 6) is 0.702. The molecule has 0 fully saturated rings. The first kappa shape index (κ1) is 9.71. The lowest BCUT2D eigenvalue weighted by Crippen LogP contribution is -2.27. The summed E-state index contributed by atoms with van der Waals surface area (Å²) < 4.78 is 2.33. The highest BCUT2D eigenvalue weighted by molar-refractivity contribution is 5.16. The standard InChI is InChI=1S/C11H19N3/c1-9(2)6-14-8-12-10-7-13(3)5-4-11(10)14/h8-9H,4-7H2,1-3H3. The van der Waals surface area contributed by atoms with Gasteiger partial charge in [-0.2, -0.15) is 0 Å². The molecule has 0 saturated carbocycles. The minimum atomic E-state index is 0.702. The fraction of sp³-hybridized carbons (Fsp3) is 0.727. The van der Waals surface area contributed by atoms with Gasteiger partial charge in [0.25, 0.3) is 0 Å². The number of fused-ring (bicyclic) bond motifs is 1. The van der Waals surface area contributed by atoms with Crippen LogP contribution in [-0.2, 0) is 19.5 Å². The van der Waals surface area contributed by atoms with Gasteiger partial charge in [-0.25, -0.2) is 4.98 Å². The van der Waals surface area contributed by atoms with Crippen LogP contribution in [0.25, 0.3) is 0 Å². The van der Waals surface area contributed by atoms with Crippen molar-refractivity contribution in [2.24, 2.45) is 5.92 Å². The summed E-state index contributed by atoms with van der Waals surface area (Å²) in [6.07, 6.45) is 3.16. The van der Waals surface area contributed by atoms with Gasteiger partial charge in [-0.1, -0.05) is 13.8 Å². The maximum atomic E-state index is 4.48. The largest absolute Gasteiger partial charge is 0.334 e. The lowest BCUT2D eigenvalue weighted by atomic mass is 10.1.